The fourth-order valence-electron chi connectivity index (χ4n) is 3.10. The molecule has 3 N–H and O–H groups in total. The van der Waals surface area contributed by atoms with Gasteiger partial charge >= 0.3 is 12.0 Å². The maximum Gasteiger partial charge on any atom is 0.326 e. The second-order valence-electron chi connectivity index (χ2n) is 5.91. The molecule has 3 unspecified atom stereocenters. The zero-order valence-electron chi connectivity index (χ0n) is 12.5. The highest BCUT2D eigenvalue weighted by molar-refractivity contribution is 5.86. The zero-order chi connectivity index (χ0) is 15.6. The third-order valence-corrected chi connectivity index (χ3v) is 4.62. The van der Waals surface area contributed by atoms with Crippen LogP contribution in [-0.4, -0.2) is 53.1 Å². The number of rotatable bonds is 4. The second kappa shape index (κ2) is 6.32. The highest BCUT2D eigenvalue weighted by Crippen LogP contribution is 2.27. The van der Waals surface area contributed by atoms with Crippen molar-refractivity contribution in [2.75, 3.05) is 13.1 Å². The summed E-state index contributed by atoms with van der Waals surface area (Å²) in [6.07, 6.45) is 2.22. The molecule has 2 aliphatic rings. The third kappa shape index (κ3) is 3.11. The summed E-state index contributed by atoms with van der Waals surface area (Å²) in [6, 6.07) is -1.43. The molecule has 0 aliphatic carbocycles. The van der Waals surface area contributed by atoms with E-state index in [-0.39, 0.29) is 29.8 Å². The summed E-state index contributed by atoms with van der Waals surface area (Å²) < 4.78 is 0. The Kier molecular flexibility index (Phi) is 4.69. The summed E-state index contributed by atoms with van der Waals surface area (Å²) >= 11 is 0. The van der Waals surface area contributed by atoms with Gasteiger partial charge in [0.25, 0.3) is 0 Å². The summed E-state index contributed by atoms with van der Waals surface area (Å²) in [7, 11) is 0. The molecule has 0 spiro atoms. The first-order chi connectivity index (χ1) is 9.95. The number of carboxylic acids is 1. The van der Waals surface area contributed by atoms with Gasteiger partial charge in [0.15, 0.2) is 0 Å². The summed E-state index contributed by atoms with van der Waals surface area (Å²) in [5.74, 6) is -1.33. The molecule has 0 radical (unpaired) electrons. The molecule has 0 aromatic rings. The van der Waals surface area contributed by atoms with Gasteiger partial charge in [-0.15, -0.1) is 0 Å². The number of urea groups is 1. The van der Waals surface area contributed by atoms with E-state index in [9.17, 15) is 19.5 Å². The van der Waals surface area contributed by atoms with Gasteiger partial charge in [-0.05, 0) is 18.8 Å². The highest BCUT2D eigenvalue weighted by Gasteiger charge is 2.43. The molecule has 2 rings (SSSR count). The number of fused-ring (bicyclic) bond motifs is 1. The minimum Gasteiger partial charge on any atom is -0.480 e. The van der Waals surface area contributed by atoms with Crippen molar-refractivity contribution in [3.05, 3.63) is 0 Å². The molecule has 0 aromatic carbocycles. The molecule has 2 heterocycles. The van der Waals surface area contributed by atoms with E-state index in [1.54, 1.807) is 11.8 Å². The summed E-state index contributed by atoms with van der Waals surface area (Å²) in [6.45, 7) is 4.72. The number of aliphatic carboxylic acids is 1. The van der Waals surface area contributed by atoms with Crippen molar-refractivity contribution in [2.45, 2.75) is 45.2 Å². The van der Waals surface area contributed by atoms with Gasteiger partial charge in [-0.1, -0.05) is 20.3 Å². The maximum absolute atomic E-state index is 12.4. The van der Waals surface area contributed by atoms with E-state index in [1.165, 1.54) is 0 Å². The Balaban J connectivity index is 2.05. The van der Waals surface area contributed by atoms with Crippen LogP contribution >= 0.6 is 0 Å². The third-order valence-electron chi connectivity index (χ3n) is 4.62. The van der Waals surface area contributed by atoms with Gasteiger partial charge in [-0.25, -0.2) is 9.59 Å². The molecule has 0 saturated carbocycles. The summed E-state index contributed by atoms with van der Waals surface area (Å²) in [5, 5.41) is 14.6. The molecule has 3 amide bonds. The van der Waals surface area contributed by atoms with Gasteiger partial charge in [-0.2, -0.15) is 0 Å². The number of amides is 3. The van der Waals surface area contributed by atoms with Crippen molar-refractivity contribution in [1.29, 1.82) is 0 Å². The monoisotopic (exact) mass is 297 g/mol. The molecule has 0 aromatic heterocycles. The molecule has 21 heavy (non-hydrogen) atoms. The second-order valence-corrected chi connectivity index (χ2v) is 5.91. The number of carbonyl (C=O) groups is 3. The van der Waals surface area contributed by atoms with Crippen LogP contribution in [0.5, 0.6) is 0 Å². The Bertz CT molecular complexity index is 440. The van der Waals surface area contributed by atoms with Gasteiger partial charge in [0.2, 0.25) is 5.91 Å². The van der Waals surface area contributed by atoms with Gasteiger partial charge in [0.05, 0.1) is 12.0 Å². The SMILES string of the molecule is CCC(C)[C@H](NC(=O)N1CCCC2C(=O)NCC21)C(=O)O. The fraction of sp³-hybridized carbons (Fsp3) is 0.786. The van der Waals surface area contributed by atoms with Crippen LogP contribution in [0.25, 0.3) is 0 Å². The van der Waals surface area contributed by atoms with Crippen molar-refractivity contribution < 1.29 is 19.5 Å². The zero-order valence-corrected chi connectivity index (χ0v) is 12.5. The van der Waals surface area contributed by atoms with Crippen molar-refractivity contribution in [1.82, 2.24) is 15.5 Å². The Morgan fingerprint density at radius 1 is 1.52 bits per heavy atom. The van der Waals surface area contributed by atoms with E-state index in [1.807, 2.05) is 6.92 Å². The van der Waals surface area contributed by atoms with Crippen molar-refractivity contribution in [3.63, 3.8) is 0 Å². The fourth-order valence-corrected chi connectivity index (χ4v) is 3.10. The number of carboxylic acid groups (broad SMARTS) is 1. The van der Waals surface area contributed by atoms with Crippen LogP contribution < -0.4 is 10.6 Å². The first kappa shape index (κ1) is 15.6. The van der Waals surface area contributed by atoms with Crippen LogP contribution in [0, 0.1) is 11.8 Å². The normalized spacial score (nSPS) is 27.5. The molecule has 7 heteroatoms. The number of nitrogens with one attached hydrogen (secondary N) is 2. The number of piperidine rings is 1. The average molecular weight is 297 g/mol. The Morgan fingerprint density at radius 2 is 2.24 bits per heavy atom. The molecule has 2 fully saturated rings. The number of hydrogen-bond acceptors (Lipinski definition) is 3. The Hall–Kier alpha value is -1.79. The lowest BCUT2D eigenvalue weighted by atomic mass is 9.91. The largest absolute Gasteiger partial charge is 0.480 e. The summed E-state index contributed by atoms with van der Waals surface area (Å²) in [4.78, 5) is 37.0. The van der Waals surface area contributed by atoms with Crippen LogP contribution in [0.3, 0.4) is 0 Å². The van der Waals surface area contributed by atoms with E-state index in [4.69, 9.17) is 0 Å². The molecule has 2 aliphatic heterocycles. The Morgan fingerprint density at radius 3 is 2.86 bits per heavy atom. The topological polar surface area (TPSA) is 98.7 Å². The van der Waals surface area contributed by atoms with E-state index in [2.05, 4.69) is 10.6 Å². The predicted molar refractivity (Wildman–Crippen MR) is 75.6 cm³/mol. The molecular weight excluding hydrogens is 274 g/mol. The highest BCUT2D eigenvalue weighted by atomic mass is 16.4. The minimum atomic E-state index is -1.02. The molecular formula is C14H23N3O4. The van der Waals surface area contributed by atoms with E-state index in [0.29, 0.717) is 19.5 Å². The van der Waals surface area contributed by atoms with Crippen LogP contribution in [0.15, 0.2) is 0 Å². The number of nitrogens with zero attached hydrogens (tertiary/aromatic N) is 1. The van der Waals surface area contributed by atoms with Crippen LogP contribution in [0.4, 0.5) is 4.79 Å². The van der Waals surface area contributed by atoms with E-state index < -0.39 is 12.0 Å². The predicted octanol–water partition coefficient (Wildman–Crippen LogP) is 0.406. The number of likely N-dealkylation sites (tertiary alicyclic amines) is 1. The maximum atomic E-state index is 12.4. The molecule has 2 saturated heterocycles. The molecule has 4 atom stereocenters. The number of carbonyl (C=O) groups excluding carboxylic acids is 2. The smallest absolute Gasteiger partial charge is 0.326 e. The first-order valence-corrected chi connectivity index (χ1v) is 7.53. The van der Waals surface area contributed by atoms with Gasteiger partial charge in [0.1, 0.15) is 6.04 Å². The lowest BCUT2D eigenvalue weighted by Crippen LogP contribution is -2.56. The first-order valence-electron chi connectivity index (χ1n) is 7.53. The van der Waals surface area contributed by atoms with E-state index >= 15 is 0 Å². The minimum absolute atomic E-state index is 0.00536. The molecule has 0 bridgehead atoms. The number of hydrogen-bond donors (Lipinski definition) is 3. The van der Waals surface area contributed by atoms with Gasteiger partial charge in [-0.3, -0.25) is 4.79 Å². The average Bonchev–Trinajstić information content (AvgIpc) is 2.85. The van der Waals surface area contributed by atoms with Crippen LogP contribution in [-0.2, 0) is 9.59 Å². The van der Waals surface area contributed by atoms with Gasteiger partial charge in [0, 0.05) is 13.1 Å². The van der Waals surface area contributed by atoms with Crippen LogP contribution in [0.1, 0.15) is 33.1 Å². The Labute approximate surface area is 124 Å². The van der Waals surface area contributed by atoms with Crippen molar-refractivity contribution in [3.8, 4) is 0 Å². The van der Waals surface area contributed by atoms with Crippen molar-refractivity contribution >= 4 is 17.9 Å². The van der Waals surface area contributed by atoms with E-state index in [0.717, 1.165) is 12.8 Å². The van der Waals surface area contributed by atoms with Crippen LogP contribution in [0.2, 0.25) is 0 Å². The molecule has 7 nitrogen and oxygen atoms in total. The van der Waals surface area contributed by atoms with Crippen molar-refractivity contribution in [2.24, 2.45) is 11.8 Å². The lowest BCUT2D eigenvalue weighted by Gasteiger charge is -2.36. The summed E-state index contributed by atoms with van der Waals surface area (Å²) in [5.41, 5.74) is 0. The quantitative estimate of drug-likeness (QED) is 0.699. The standard InChI is InChI=1S/C14H23N3O4/c1-3-8(2)11(13(19)20)16-14(21)17-6-4-5-9-10(17)7-15-12(9)18/h8-11H,3-7H2,1-2H3,(H,15,18)(H,16,21)(H,19,20)/t8?,9?,10?,11-/m0/s1. The van der Waals surface area contributed by atoms with Gasteiger partial charge < -0.3 is 20.6 Å². The molecule has 118 valence electrons. The lowest BCUT2D eigenvalue weighted by molar-refractivity contribution is -0.140.